The monoisotopic (exact) mass is 624 g/mol. The van der Waals surface area contributed by atoms with E-state index in [9.17, 15) is 19.5 Å². The highest BCUT2D eigenvalue weighted by molar-refractivity contribution is 5.92. The summed E-state index contributed by atoms with van der Waals surface area (Å²) in [4.78, 5) is 49.8. The van der Waals surface area contributed by atoms with Gasteiger partial charge in [-0.1, -0.05) is 76.3 Å². The summed E-state index contributed by atoms with van der Waals surface area (Å²) in [5.41, 5.74) is 1.58. The van der Waals surface area contributed by atoms with Gasteiger partial charge in [0.2, 0.25) is 11.8 Å². The number of carbonyl (C=O) groups excluding carboxylic acids is 3. The van der Waals surface area contributed by atoms with E-state index < -0.39 is 30.1 Å². The number of urea groups is 1. The highest BCUT2D eigenvalue weighted by Gasteiger charge is 2.32. The lowest BCUT2D eigenvalue weighted by Crippen LogP contribution is -2.59. The summed E-state index contributed by atoms with van der Waals surface area (Å²) in [5, 5.41) is 20.2. The summed E-state index contributed by atoms with van der Waals surface area (Å²) in [7, 11) is 0. The highest BCUT2D eigenvalue weighted by atomic mass is 16.5. The molecule has 2 aromatic rings. The maximum Gasteiger partial charge on any atom is 0.318 e. The van der Waals surface area contributed by atoms with Crippen LogP contribution >= 0.6 is 0 Å². The first-order chi connectivity index (χ1) is 21.8. The van der Waals surface area contributed by atoms with Gasteiger partial charge in [-0.15, -0.1) is 0 Å². The second kappa shape index (κ2) is 17.9. The second-order valence-electron chi connectivity index (χ2n) is 13.0. The smallest absolute Gasteiger partial charge is 0.318 e. The van der Waals surface area contributed by atoms with Crippen molar-refractivity contribution in [2.24, 2.45) is 11.8 Å². The zero-order chi connectivity index (χ0) is 32.0. The molecule has 1 aliphatic heterocycles. The summed E-state index contributed by atoms with van der Waals surface area (Å²) in [5.74, 6) is 0.0704. The number of nitrogens with one attached hydrogen (secondary N) is 4. The van der Waals surface area contributed by atoms with Crippen molar-refractivity contribution in [3.8, 4) is 0 Å². The fraction of sp³-hybridized carbons (Fsp3) is 0.647. The van der Waals surface area contributed by atoms with Crippen molar-refractivity contribution < 1.29 is 24.2 Å². The van der Waals surface area contributed by atoms with Crippen LogP contribution in [-0.2, 0) is 27.2 Å². The van der Waals surface area contributed by atoms with Crippen LogP contribution in [0.5, 0.6) is 0 Å². The van der Waals surface area contributed by atoms with Crippen molar-refractivity contribution >= 4 is 17.8 Å². The third kappa shape index (κ3) is 11.5. The topological polar surface area (TPSA) is 149 Å². The van der Waals surface area contributed by atoms with E-state index in [4.69, 9.17) is 4.74 Å². The maximum absolute atomic E-state index is 14.0. The van der Waals surface area contributed by atoms with Gasteiger partial charge in [0.1, 0.15) is 12.1 Å². The minimum Gasteiger partial charge on any atom is -0.391 e. The molecule has 0 radical (unpaired) electrons. The van der Waals surface area contributed by atoms with E-state index in [0.29, 0.717) is 56.7 Å². The zero-order valence-corrected chi connectivity index (χ0v) is 26.9. The van der Waals surface area contributed by atoms with E-state index in [1.54, 1.807) is 11.1 Å². The molecule has 0 bridgehead atoms. The summed E-state index contributed by atoms with van der Waals surface area (Å²) in [6.07, 6.45) is 10.9. The van der Waals surface area contributed by atoms with Crippen molar-refractivity contribution in [2.45, 2.75) is 102 Å². The molecular formula is C34H52N6O5. The molecule has 1 saturated heterocycles. The summed E-state index contributed by atoms with van der Waals surface area (Å²) in [6.45, 7) is 6.03. The first-order valence-corrected chi connectivity index (χ1v) is 16.7. The van der Waals surface area contributed by atoms with Crippen molar-refractivity contribution in [1.82, 2.24) is 30.8 Å². The fourth-order valence-corrected chi connectivity index (χ4v) is 6.25. The molecule has 2 aliphatic rings. The second-order valence-corrected chi connectivity index (χ2v) is 13.0. The minimum atomic E-state index is -0.942. The predicted octanol–water partition coefficient (Wildman–Crippen LogP) is 3.34. The standard InChI is InChI=1S/C34H52N6O5/c1-24(2)13-14-31(41)28(19-25-9-5-3-6-10-25)37-33(43)30(21-27-22-35-23-36-27)38-32(42)29(20-26-11-7-4-8-12-26)39-34(44)40-15-17-45-18-16-40/h4,7-8,11-12,22-25,28-31,41H,3,5-6,9-10,13-21H2,1-2H3,(H,35,36)(H,37,43)(H,38,42)(H,39,44)/t28-,29-,30-,31-/m0/s1. The predicted molar refractivity (Wildman–Crippen MR) is 172 cm³/mol. The molecule has 2 heterocycles. The number of hydrogen-bond donors (Lipinski definition) is 5. The van der Waals surface area contributed by atoms with Crippen LogP contribution in [0.15, 0.2) is 42.9 Å². The number of H-pyrrole nitrogens is 1. The van der Waals surface area contributed by atoms with E-state index in [1.165, 1.54) is 25.6 Å². The molecule has 1 aromatic carbocycles. The molecule has 4 amide bonds. The number of aliphatic hydroxyl groups excluding tert-OH is 1. The number of morpholine rings is 1. The van der Waals surface area contributed by atoms with Gasteiger partial charge in [0.25, 0.3) is 0 Å². The molecule has 4 atom stereocenters. The SMILES string of the molecule is CC(C)CC[C@H](O)[C@H](CC1CCCCC1)NC(=O)[C@H](Cc1cnc[nH]1)NC(=O)[C@H](Cc1ccccc1)NC(=O)N1CCOCC1. The first kappa shape index (κ1) is 34.4. The molecule has 11 nitrogen and oxygen atoms in total. The van der Waals surface area contributed by atoms with Crippen molar-refractivity contribution in [1.29, 1.82) is 0 Å². The third-order valence-corrected chi connectivity index (χ3v) is 8.95. The molecule has 2 fully saturated rings. The van der Waals surface area contributed by atoms with Crippen LogP contribution in [0.4, 0.5) is 4.79 Å². The zero-order valence-electron chi connectivity index (χ0n) is 26.9. The van der Waals surface area contributed by atoms with E-state index in [1.807, 2.05) is 30.3 Å². The van der Waals surface area contributed by atoms with Gasteiger partial charge in [-0.3, -0.25) is 9.59 Å². The number of rotatable bonds is 15. The van der Waals surface area contributed by atoms with Gasteiger partial charge in [0.15, 0.2) is 0 Å². The number of aromatic amines is 1. The molecule has 5 N–H and O–H groups in total. The Morgan fingerprint density at radius 3 is 2.31 bits per heavy atom. The van der Waals surface area contributed by atoms with Crippen LogP contribution in [0.2, 0.25) is 0 Å². The number of amides is 4. The molecule has 1 aromatic heterocycles. The number of benzene rings is 1. The van der Waals surface area contributed by atoms with Crippen LogP contribution in [0, 0.1) is 11.8 Å². The number of imidazole rings is 1. The highest BCUT2D eigenvalue weighted by Crippen LogP contribution is 2.29. The number of carbonyl (C=O) groups is 3. The average Bonchev–Trinajstić information content (AvgIpc) is 3.57. The molecule has 11 heteroatoms. The van der Waals surface area contributed by atoms with Gasteiger partial charge in [-0.2, -0.15) is 0 Å². The Kier molecular flexibility index (Phi) is 13.7. The van der Waals surface area contributed by atoms with E-state index in [0.717, 1.165) is 24.8 Å². The summed E-state index contributed by atoms with van der Waals surface area (Å²) < 4.78 is 5.38. The van der Waals surface area contributed by atoms with Gasteiger partial charge in [-0.25, -0.2) is 9.78 Å². The number of aromatic nitrogens is 2. The lowest BCUT2D eigenvalue weighted by molar-refractivity contribution is -0.131. The van der Waals surface area contributed by atoms with Crippen molar-refractivity contribution in [3.05, 3.63) is 54.1 Å². The van der Waals surface area contributed by atoms with E-state index >= 15 is 0 Å². The molecule has 248 valence electrons. The minimum absolute atomic E-state index is 0.186. The van der Waals surface area contributed by atoms with Crippen LogP contribution < -0.4 is 16.0 Å². The van der Waals surface area contributed by atoms with Crippen LogP contribution in [-0.4, -0.2) is 88.4 Å². The quantitative estimate of drug-likeness (QED) is 0.205. The average molecular weight is 625 g/mol. The number of hydrogen-bond acceptors (Lipinski definition) is 6. The molecular weight excluding hydrogens is 572 g/mol. The molecule has 45 heavy (non-hydrogen) atoms. The Balaban J connectivity index is 1.51. The molecule has 4 rings (SSSR count). The summed E-state index contributed by atoms with van der Waals surface area (Å²) in [6, 6.07) is 6.88. The maximum atomic E-state index is 14.0. The first-order valence-electron chi connectivity index (χ1n) is 16.7. The van der Waals surface area contributed by atoms with Crippen molar-refractivity contribution in [3.63, 3.8) is 0 Å². The number of nitrogens with zero attached hydrogens (tertiary/aromatic N) is 2. The molecule has 1 aliphatic carbocycles. The Morgan fingerprint density at radius 1 is 0.956 bits per heavy atom. The molecule has 1 saturated carbocycles. The van der Waals surface area contributed by atoms with Gasteiger partial charge in [-0.05, 0) is 36.7 Å². The van der Waals surface area contributed by atoms with Crippen molar-refractivity contribution in [2.75, 3.05) is 26.3 Å². The molecule has 0 spiro atoms. The largest absolute Gasteiger partial charge is 0.391 e. The van der Waals surface area contributed by atoms with Crippen LogP contribution in [0.25, 0.3) is 0 Å². The third-order valence-electron chi connectivity index (χ3n) is 8.95. The molecule has 0 unspecified atom stereocenters. The van der Waals surface area contributed by atoms with Crippen LogP contribution in [0.1, 0.15) is 76.5 Å². The number of ether oxygens (including phenoxy) is 1. The van der Waals surface area contributed by atoms with Gasteiger partial charge >= 0.3 is 6.03 Å². The van der Waals surface area contributed by atoms with Gasteiger partial charge < -0.3 is 35.7 Å². The Hall–Kier alpha value is -3.44. The fourth-order valence-electron chi connectivity index (χ4n) is 6.25. The van der Waals surface area contributed by atoms with E-state index in [-0.39, 0.29) is 24.8 Å². The van der Waals surface area contributed by atoms with E-state index in [2.05, 4.69) is 39.8 Å². The Bertz CT molecular complexity index is 1170. The van der Waals surface area contributed by atoms with Gasteiger partial charge in [0.05, 0.1) is 31.7 Å². The lowest BCUT2D eigenvalue weighted by atomic mass is 9.83. The Morgan fingerprint density at radius 2 is 1.64 bits per heavy atom. The van der Waals surface area contributed by atoms with Crippen LogP contribution in [0.3, 0.4) is 0 Å². The van der Waals surface area contributed by atoms with Gasteiger partial charge in [0, 0.05) is 37.8 Å². The normalized spacial score (nSPS) is 18.5. The number of aliphatic hydroxyl groups is 1. The summed E-state index contributed by atoms with van der Waals surface area (Å²) >= 11 is 0. The Labute approximate surface area is 267 Å². The lowest BCUT2D eigenvalue weighted by Gasteiger charge is -2.32.